The molecule has 0 fully saturated rings. The molecule has 1 aliphatic carbocycles. The van der Waals surface area contributed by atoms with Crippen molar-refractivity contribution in [2.24, 2.45) is 0 Å². The molecule has 0 bridgehead atoms. The summed E-state index contributed by atoms with van der Waals surface area (Å²) in [4.78, 5) is 0. The zero-order valence-corrected chi connectivity index (χ0v) is 9.86. The predicted molar refractivity (Wildman–Crippen MR) is 71.1 cm³/mol. The molecule has 3 rings (SSSR count). The summed E-state index contributed by atoms with van der Waals surface area (Å²) in [5, 5.41) is 2.50. The summed E-state index contributed by atoms with van der Waals surface area (Å²) in [6.45, 7) is 0. The van der Waals surface area contributed by atoms with Gasteiger partial charge in [-0.15, -0.1) is 0 Å². The summed E-state index contributed by atoms with van der Waals surface area (Å²) >= 11 is 0. The molecule has 86 valence electrons. The Bertz CT molecular complexity index is 554. The van der Waals surface area contributed by atoms with Gasteiger partial charge in [-0.25, -0.2) is 0 Å². The molecule has 0 amide bonds. The molecule has 0 unspecified atom stereocenters. The second-order valence-corrected chi connectivity index (χ2v) is 4.53. The molecule has 0 N–H and O–H groups in total. The summed E-state index contributed by atoms with van der Waals surface area (Å²) in [6.07, 6.45) is 7.00. The van der Waals surface area contributed by atoms with Crippen LogP contribution in [0.1, 0.15) is 25.7 Å². The van der Waals surface area contributed by atoms with E-state index >= 15 is 0 Å². The van der Waals surface area contributed by atoms with Crippen LogP contribution in [-0.4, -0.2) is 0 Å². The van der Waals surface area contributed by atoms with E-state index in [9.17, 15) is 0 Å². The molecular formula is C16H16O. The zero-order chi connectivity index (χ0) is 11.5. The lowest BCUT2D eigenvalue weighted by molar-refractivity contribution is 0.384. The fourth-order valence-corrected chi connectivity index (χ4v) is 2.28. The van der Waals surface area contributed by atoms with Gasteiger partial charge in [-0.05, 0) is 48.2 Å². The lowest BCUT2D eigenvalue weighted by Crippen LogP contribution is -1.99. The van der Waals surface area contributed by atoms with E-state index in [4.69, 9.17) is 4.74 Å². The van der Waals surface area contributed by atoms with Gasteiger partial charge < -0.3 is 4.74 Å². The van der Waals surface area contributed by atoms with Crippen LogP contribution in [0, 0.1) is 0 Å². The number of fused-ring (bicyclic) bond motifs is 1. The first-order chi connectivity index (χ1) is 8.42. The quantitative estimate of drug-likeness (QED) is 0.719. The Labute approximate surface area is 102 Å². The van der Waals surface area contributed by atoms with Crippen molar-refractivity contribution < 1.29 is 4.74 Å². The highest BCUT2D eigenvalue weighted by atomic mass is 16.5. The highest BCUT2D eigenvalue weighted by Gasteiger charge is 2.06. The number of ether oxygens (including phenoxy) is 1. The molecular weight excluding hydrogens is 208 g/mol. The molecule has 2 aromatic carbocycles. The van der Waals surface area contributed by atoms with Gasteiger partial charge in [0.15, 0.2) is 0 Å². The van der Waals surface area contributed by atoms with E-state index in [-0.39, 0.29) is 0 Å². The number of hydrogen-bond acceptors (Lipinski definition) is 1. The number of allylic oxidation sites excluding steroid dienone is 2. The standard InChI is InChI=1S/C16H16O/c1-2-8-15(9-3-1)17-16-11-10-13-6-4-5-7-14(13)12-16/h4-8,10-12H,1-3,9H2. The summed E-state index contributed by atoms with van der Waals surface area (Å²) in [6, 6.07) is 14.7. The van der Waals surface area contributed by atoms with Gasteiger partial charge in [0.1, 0.15) is 11.5 Å². The van der Waals surface area contributed by atoms with Crippen LogP contribution >= 0.6 is 0 Å². The Morgan fingerprint density at radius 2 is 1.76 bits per heavy atom. The van der Waals surface area contributed by atoms with E-state index < -0.39 is 0 Å². The van der Waals surface area contributed by atoms with Crippen molar-refractivity contribution >= 4 is 10.8 Å². The van der Waals surface area contributed by atoms with Gasteiger partial charge in [-0.2, -0.15) is 0 Å². The van der Waals surface area contributed by atoms with E-state index in [0.29, 0.717) is 0 Å². The maximum Gasteiger partial charge on any atom is 0.127 e. The summed E-state index contributed by atoms with van der Waals surface area (Å²) in [5.41, 5.74) is 0. The van der Waals surface area contributed by atoms with Crippen LogP contribution in [0.4, 0.5) is 0 Å². The third-order valence-electron chi connectivity index (χ3n) is 3.22. The first-order valence-corrected chi connectivity index (χ1v) is 6.27. The molecule has 0 saturated heterocycles. The van der Waals surface area contributed by atoms with Crippen molar-refractivity contribution in [3.05, 3.63) is 54.3 Å². The van der Waals surface area contributed by atoms with Crippen molar-refractivity contribution in [2.45, 2.75) is 25.7 Å². The fraction of sp³-hybridized carbons (Fsp3) is 0.250. The SMILES string of the molecule is C1=C(Oc2ccc3ccccc3c2)CCCC1. The van der Waals surface area contributed by atoms with Crippen LogP contribution in [0.2, 0.25) is 0 Å². The Hall–Kier alpha value is -1.76. The summed E-state index contributed by atoms with van der Waals surface area (Å²) in [7, 11) is 0. The topological polar surface area (TPSA) is 9.23 Å². The van der Waals surface area contributed by atoms with Crippen molar-refractivity contribution in [2.75, 3.05) is 0 Å². The number of rotatable bonds is 2. The lowest BCUT2D eigenvalue weighted by Gasteiger charge is -2.14. The largest absolute Gasteiger partial charge is 0.462 e. The first-order valence-electron chi connectivity index (χ1n) is 6.27. The molecule has 0 heterocycles. The zero-order valence-electron chi connectivity index (χ0n) is 9.86. The van der Waals surface area contributed by atoms with Crippen molar-refractivity contribution in [3.8, 4) is 5.75 Å². The van der Waals surface area contributed by atoms with Crippen molar-refractivity contribution in [1.29, 1.82) is 0 Å². The van der Waals surface area contributed by atoms with Crippen molar-refractivity contribution in [3.63, 3.8) is 0 Å². The highest BCUT2D eigenvalue weighted by molar-refractivity contribution is 5.83. The van der Waals surface area contributed by atoms with Gasteiger partial charge in [0.25, 0.3) is 0 Å². The molecule has 1 nitrogen and oxygen atoms in total. The summed E-state index contributed by atoms with van der Waals surface area (Å²) in [5.74, 6) is 2.09. The van der Waals surface area contributed by atoms with E-state index in [0.717, 1.165) is 24.4 Å². The third-order valence-corrected chi connectivity index (χ3v) is 3.22. The molecule has 0 aromatic heterocycles. The Morgan fingerprint density at radius 3 is 2.59 bits per heavy atom. The van der Waals surface area contributed by atoms with Gasteiger partial charge in [0, 0.05) is 6.42 Å². The Kier molecular flexibility index (Phi) is 2.83. The second kappa shape index (κ2) is 4.62. The van der Waals surface area contributed by atoms with Crippen LogP contribution in [-0.2, 0) is 0 Å². The van der Waals surface area contributed by atoms with Crippen LogP contribution in [0.5, 0.6) is 5.75 Å². The van der Waals surface area contributed by atoms with Gasteiger partial charge >= 0.3 is 0 Å². The fourth-order valence-electron chi connectivity index (χ4n) is 2.28. The molecule has 0 radical (unpaired) electrons. The molecule has 0 atom stereocenters. The number of hydrogen-bond donors (Lipinski definition) is 0. The van der Waals surface area contributed by atoms with Crippen LogP contribution in [0.25, 0.3) is 10.8 Å². The van der Waals surface area contributed by atoms with E-state index in [1.807, 2.05) is 0 Å². The highest BCUT2D eigenvalue weighted by Crippen LogP contribution is 2.25. The monoisotopic (exact) mass is 224 g/mol. The molecule has 0 saturated carbocycles. The van der Waals surface area contributed by atoms with Gasteiger partial charge in [-0.1, -0.05) is 30.3 Å². The minimum absolute atomic E-state index is 0.955. The van der Waals surface area contributed by atoms with E-state index in [2.05, 4.69) is 48.5 Å². The Balaban J connectivity index is 1.87. The molecule has 0 spiro atoms. The minimum atomic E-state index is 0.955. The van der Waals surface area contributed by atoms with Crippen LogP contribution in [0.15, 0.2) is 54.3 Å². The number of benzene rings is 2. The van der Waals surface area contributed by atoms with Crippen molar-refractivity contribution in [1.82, 2.24) is 0 Å². The van der Waals surface area contributed by atoms with Crippen LogP contribution < -0.4 is 4.74 Å². The second-order valence-electron chi connectivity index (χ2n) is 4.53. The molecule has 2 aromatic rings. The first kappa shape index (κ1) is 10.4. The van der Waals surface area contributed by atoms with Gasteiger partial charge in [0.05, 0.1) is 0 Å². The third kappa shape index (κ3) is 2.33. The maximum absolute atomic E-state index is 5.92. The molecule has 0 aliphatic heterocycles. The van der Waals surface area contributed by atoms with E-state index in [1.165, 1.54) is 23.6 Å². The normalized spacial score (nSPS) is 15.6. The summed E-state index contributed by atoms with van der Waals surface area (Å²) < 4.78 is 5.92. The Morgan fingerprint density at radius 1 is 0.882 bits per heavy atom. The van der Waals surface area contributed by atoms with E-state index in [1.54, 1.807) is 0 Å². The average Bonchev–Trinajstić information content (AvgIpc) is 2.40. The minimum Gasteiger partial charge on any atom is -0.462 e. The smallest absolute Gasteiger partial charge is 0.127 e. The van der Waals surface area contributed by atoms with Gasteiger partial charge in [-0.3, -0.25) is 0 Å². The predicted octanol–water partition coefficient (Wildman–Crippen LogP) is 4.68. The average molecular weight is 224 g/mol. The van der Waals surface area contributed by atoms with Crippen LogP contribution in [0.3, 0.4) is 0 Å². The van der Waals surface area contributed by atoms with Gasteiger partial charge in [0.2, 0.25) is 0 Å². The molecule has 1 aliphatic rings. The maximum atomic E-state index is 5.92. The lowest BCUT2D eigenvalue weighted by atomic mass is 10.1. The molecule has 17 heavy (non-hydrogen) atoms. The molecule has 1 heteroatoms.